The summed E-state index contributed by atoms with van der Waals surface area (Å²) in [6, 6.07) is 21.0. The Bertz CT molecular complexity index is 1330. The second-order valence-corrected chi connectivity index (χ2v) is 7.98. The van der Waals surface area contributed by atoms with Crippen LogP contribution in [0.3, 0.4) is 0 Å². The van der Waals surface area contributed by atoms with Gasteiger partial charge in [0.05, 0.1) is 11.4 Å². The molecule has 33 heavy (non-hydrogen) atoms. The van der Waals surface area contributed by atoms with Crippen molar-refractivity contribution in [2.45, 2.75) is 25.7 Å². The van der Waals surface area contributed by atoms with Gasteiger partial charge < -0.3 is 5.32 Å². The molecule has 0 spiro atoms. The first kappa shape index (κ1) is 20.7. The first-order valence-corrected chi connectivity index (χ1v) is 11.0. The van der Waals surface area contributed by atoms with E-state index in [1.54, 1.807) is 6.07 Å². The van der Waals surface area contributed by atoms with Crippen LogP contribution in [-0.2, 0) is 19.3 Å². The summed E-state index contributed by atoms with van der Waals surface area (Å²) in [5, 5.41) is 10.4. The minimum absolute atomic E-state index is 0.150. The highest BCUT2D eigenvalue weighted by molar-refractivity contribution is 5.89. The van der Waals surface area contributed by atoms with E-state index in [9.17, 15) is 9.59 Å². The molecule has 0 saturated heterocycles. The molecule has 0 radical (unpaired) electrons. The van der Waals surface area contributed by atoms with Gasteiger partial charge in [0.25, 0.3) is 5.56 Å². The number of amides is 2. The van der Waals surface area contributed by atoms with Crippen LogP contribution in [0.5, 0.6) is 0 Å². The van der Waals surface area contributed by atoms with Gasteiger partial charge in [-0.15, -0.1) is 0 Å². The smallest absolute Gasteiger partial charge is 0.320 e. The number of carbonyl (C=O) groups is 1. The molecule has 166 valence electrons. The monoisotopic (exact) mass is 440 g/mol. The molecule has 8 nitrogen and oxygen atoms in total. The van der Waals surface area contributed by atoms with E-state index in [0.717, 1.165) is 48.1 Å². The van der Waals surface area contributed by atoms with E-state index >= 15 is 0 Å². The number of nitrogens with zero attached hydrogens (tertiary/aromatic N) is 3. The van der Waals surface area contributed by atoms with Crippen molar-refractivity contribution >= 4 is 11.8 Å². The predicted octanol–water partition coefficient (Wildman–Crippen LogP) is 3.48. The number of H-pyrrole nitrogens is 1. The summed E-state index contributed by atoms with van der Waals surface area (Å²) in [7, 11) is 0. The molecule has 0 bridgehead atoms. The molecule has 3 N–H and O–H groups in total. The van der Waals surface area contributed by atoms with Crippen molar-refractivity contribution in [3.63, 3.8) is 0 Å². The van der Waals surface area contributed by atoms with Gasteiger partial charge in [-0.2, -0.15) is 9.78 Å². The summed E-state index contributed by atoms with van der Waals surface area (Å²) < 4.78 is 1.49. The highest BCUT2D eigenvalue weighted by atomic mass is 16.2. The molecule has 2 heterocycles. The maximum Gasteiger partial charge on any atom is 0.320 e. The molecule has 8 heteroatoms. The third kappa shape index (κ3) is 4.55. The van der Waals surface area contributed by atoms with E-state index in [0.29, 0.717) is 24.0 Å². The van der Waals surface area contributed by atoms with Gasteiger partial charge in [0.1, 0.15) is 5.82 Å². The number of benzene rings is 2. The Morgan fingerprint density at radius 1 is 1.03 bits per heavy atom. The van der Waals surface area contributed by atoms with Crippen LogP contribution in [0.2, 0.25) is 0 Å². The maximum absolute atomic E-state index is 12.6. The molecule has 5 rings (SSSR count). The lowest BCUT2D eigenvalue weighted by atomic mass is 10.1. The van der Waals surface area contributed by atoms with Gasteiger partial charge in [-0.3, -0.25) is 15.1 Å². The molecule has 2 aromatic heterocycles. The molecule has 0 fully saturated rings. The van der Waals surface area contributed by atoms with Crippen LogP contribution < -0.4 is 16.2 Å². The number of carbonyl (C=O) groups excluding carboxylic acids is 1. The second-order valence-electron chi connectivity index (χ2n) is 7.98. The molecule has 0 atom stereocenters. The Morgan fingerprint density at radius 3 is 2.58 bits per heavy atom. The largest absolute Gasteiger partial charge is 0.337 e. The van der Waals surface area contributed by atoms with Crippen molar-refractivity contribution in [2.75, 3.05) is 11.9 Å². The fourth-order valence-corrected chi connectivity index (χ4v) is 4.04. The number of anilines is 1. The molecule has 0 unspecified atom stereocenters. The van der Waals surface area contributed by atoms with E-state index in [-0.39, 0.29) is 11.6 Å². The van der Waals surface area contributed by atoms with Crippen LogP contribution in [0.1, 0.15) is 23.2 Å². The average Bonchev–Trinajstić information content (AvgIpc) is 3.48. The van der Waals surface area contributed by atoms with Crippen LogP contribution in [0.25, 0.3) is 17.2 Å². The van der Waals surface area contributed by atoms with Crippen molar-refractivity contribution in [3.05, 3.63) is 93.9 Å². The van der Waals surface area contributed by atoms with Crippen LogP contribution in [-0.4, -0.2) is 32.3 Å². The Balaban J connectivity index is 1.41. The van der Waals surface area contributed by atoms with Gasteiger partial charge in [0.2, 0.25) is 5.95 Å². The number of aryl methyl sites for hydroxylation is 1. The number of hydrogen-bond acceptors (Lipinski definition) is 4. The minimum atomic E-state index is -0.352. The second kappa shape index (κ2) is 9.12. The zero-order valence-electron chi connectivity index (χ0n) is 18.0. The fraction of sp³-hybridized carbons (Fsp3) is 0.200. The van der Waals surface area contributed by atoms with Gasteiger partial charge in [-0.1, -0.05) is 60.7 Å². The predicted molar refractivity (Wildman–Crippen MR) is 127 cm³/mol. The molecule has 4 aromatic rings. The molecule has 2 aromatic carbocycles. The van der Waals surface area contributed by atoms with Crippen molar-refractivity contribution < 1.29 is 4.79 Å². The third-order valence-electron chi connectivity index (χ3n) is 5.69. The molecular weight excluding hydrogens is 416 g/mol. The third-order valence-corrected chi connectivity index (χ3v) is 5.69. The van der Waals surface area contributed by atoms with Crippen LogP contribution in [0, 0.1) is 0 Å². The van der Waals surface area contributed by atoms with Gasteiger partial charge >= 0.3 is 6.03 Å². The summed E-state index contributed by atoms with van der Waals surface area (Å²) >= 11 is 0. The molecular formula is C25H24N6O2. The van der Waals surface area contributed by atoms with Gasteiger partial charge in [0.15, 0.2) is 0 Å². The Labute approximate surface area is 190 Å². The number of fused-ring (bicyclic) bond motifs is 1. The van der Waals surface area contributed by atoms with E-state index < -0.39 is 0 Å². The average molecular weight is 441 g/mol. The van der Waals surface area contributed by atoms with E-state index in [1.165, 1.54) is 4.68 Å². The van der Waals surface area contributed by atoms with Crippen LogP contribution in [0.4, 0.5) is 10.6 Å². The number of hydrogen-bond donors (Lipinski definition) is 3. The maximum atomic E-state index is 12.6. The van der Waals surface area contributed by atoms with Crippen molar-refractivity contribution in [1.29, 1.82) is 0 Å². The molecule has 2 amide bonds. The zero-order chi connectivity index (χ0) is 22.6. The quantitative estimate of drug-likeness (QED) is 0.427. The summed E-state index contributed by atoms with van der Waals surface area (Å²) in [5.74, 6) is 0.717. The number of aromatic nitrogens is 4. The number of aromatic amines is 1. The molecule has 0 saturated carbocycles. The highest BCUT2D eigenvalue weighted by Gasteiger charge is 2.20. The fourth-order valence-electron chi connectivity index (χ4n) is 4.04. The normalized spacial score (nSPS) is 12.4. The summed E-state index contributed by atoms with van der Waals surface area (Å²) in [6.45, 7) is 0.490. The Hall–Kier alpha value is -4.20. The van der Waals surface area contributed by atoms with Gasteiger partial charge in [0, 0.05) is 23.7 Å². The molecule has 0 aliphatic heterocycles. The molecule has 1 aliphatic rings. The van der Waals surface area contributed by atoms with E-state index in [4.69, 9.17) is 0 Å². The first-order valence-electron chi connectivity index (χ1n) is 11.0. The van der Waals surface area contributed by atoms with Crippen molar-refractivity contribution in [3.8, 4) is 17.2 Å². The van der Waals surface area contributed by atoms with E-state index in [2.05, 4.69) is 25.7 Å². The van der Waals surface area contributed by atoms with Crippen molar-refractivity contribution in [1.82, 2.24) is 25.1 Å². The van der Waals surface area contributed by atoms with Crippen LogP contribution in [0.15, 0.2) is 71.5 Å². The number of rotatable bonds is 6. The van der Waals surface area contributed by atoms with Gasteiger partial charge in [-0.25, -0.2) is 9.78 Å². The van der Waals surface area contributed by atoms with Crippen molar-refractivity contribution in [2.24, 2.45) is 0 Å². The van der Waals surface area contributed by atoms with Crippen LogP contribution >= 0.6 is 0 Å². The number of nitrogens with one attached hydrogen (secondary N) is 3. The highest BCUT2D eigenvalue weighted by Crippen LogP contribution is 2.24. The topological polar surface area (TPSA) is 105 Å². The lowest BCUT2D eigenvalue weighted by Gasteiger charge is -2.10. The summed E-state index contributed by atoms with van der Waals surface area (Å²) in [5.41, 5.74) is 4.09. The number of urea groups is 1. The lowest BCUT2D eigenvalue weighted by molar-refractivity contribution is 0.252. The Morgan fingerprint density at radius 2 is 1.79 bits per heavy atom. The lowest BCUT2D eigenvalue weighted by Crippen LogP contribution is -2.31. The molecule has 1 aliphatic carbocycles. The van der Waals surface area contributed by atoms with Gasteiger partial charge in [-0.05, 0) is 31.2 Å². The minimum Gasteiger partial charge on any atom is -0.337 e. The van der Waals surface area contributed by atoms with E-state index in [1.807, 2.05) is 60.7 Å². The Kier molecular flexibility index (Phi) is 5.72. The first-order chi connectivity index (χ1) is 16.2. The summed E-state index contributed by atoms with van der Waals surface area (Å²) in [6.07, 6.45) is 3.14. The zero-order valence-corrected chi connectivity index (χ0v) is 18.0. The summed E-state index contributed by atoms with van der Waals surface area (Å²) in [4.78, 5) is 32.6. The SMILES string of the molecule is O=C(NCCc1ccccc1)Nc1cc(-c2ccccc2)nn1-c1nc2c(c(=O)[nH]1)CCC2. The standard InChI is InChI=1S/C25H24N6O2/c32-23-19-12-7-13-20(19)27-24(29-23)31-22(16-21(30-31)18-10-5-2-6-11-18)28-25(33)26-15-14-17-8-3-1-4-9-17/h1-6,8-11,16H,7,12-15H2,(H2,26,28,33)(H,27,29,32).